The Balaban J connectivity index is 0.000000129. The van der Waals surface area contributed by atoms with Crippen LogP contribution in [0.4, 0.5) is 17.6 Å². The largest absolute Gasteiger partial charge is 0.502 e. The smallest absolute Gasteiger partial charge is 0.278 e. The average Bonchev–Trinajstić information content (AvgIpc) is 0.958. The second-order valence-electron chi connectivity index (χ2n) is 33.5. The van der Waals surface area contributed by atoms with Gasteiger partial charge in [-0.2, -0.15) is 0 Å². The highest BCUT2D eigenvalue weighted by molar-refractivity contribution is 6.33. The Bertz CT molecular complexity index is 6340. The molecule has 12 aromatic rings. The summed E-state index contributed by atoms with van der Waals surface area (Å²) in [5, 5.41) is 49.5. The van der Waals surface area contributed by atoms with E-state index in [-0.39, 0.29) is 143 Å². The molecule has 0 spiro atoms. The van der Waals surface area contributed by atoms with E-state index in [9.17, 15) is 76.3 Å². The van der Waals surface area contributed by atoms with Gasteiger partial charge in [0.05, 0.1) is 24.2 Å². The predicted octanol–water partition coefficient (Wildman–Crippen LogP) is 16.9. The SMILES string of the molecule is CC[C@@H]1/C=C/COc2c(ccc(F)c2Cl)[C@@H](c2ccccc2)N2CN1C(=O)c1c(O)c(=O)ccn12.CC[C@@H]1/C=C/COc2c(ccc(F)c2Cl)[C@H](c2ccccc2)N2CN1C(=O)c1c(O)c(=O)ccn12.CC[C@H]1/C=C/COc2c(ccc(F)c2Cl)[C@@H](c2ccccc2)N2CN1C(=O)c1c(O)c(=O)ccn12.CC[C@H]1/C=C/COc2c(ccc(F)c2Cl)[C@H](c2ccccc2)N2CN1C(=O)c1c(O)c(=O)ccn12. The zero-order valence-electron chi connectivity index (χ0n) is 75.6. The minimum atomic E-state index is -0.649. The Labute approximate surface area is 819 Å². The van der Waals surface area contributed by atoms with Gasteiger partial charge in [-0.1, -0.05) is 220 Å². The number of carbonyl (C=O) groups excluding carboxylic acids is 4. The monoisotopic (exact) mass is 1980 g/mol. The maximum Gasteiger partial charge on any atom is 0.278 e. The van der Waals surface area contributed by atoms with Crippen LogP contribution in [0.3, 0.4) is 0 Å². The van der Waals surface area contributed by atoms with Gasteiger partial charge in [0.15, 0.2) is 45.8 Å². The lowest BCUT2D eigenvalue weighted by Gasteiger charge is -2.45. The van der Waals surface area contributed by atoms with Gasteiger partial charge in [-0.15, -0.1) is 0 Å². The van der Waals surface area contributed by atoms with Crippen LogP contribution < -0.4 is 60.7 Å². The number of amides is 4. The molecule has 0 aliphatic carbocycles. The summed E-state index contributed by atoms with van der Waals surface area (Å²) in [6, 6.07) is 50.4. The lowest BCUT2D eigenvalue weighted by molar-refractivity contribution is 0.0618. The van der Waals surface area contributed by atoms with Crippen LogP contribution in [-0.4, -0.2) is 160 Å². The van der Waals surface area contributed by atoms with Crippen LogP contribution >= 0.6 is 46.4 Å². The molecule has 8 aliphatic rings. The molecule has 8 atom stereocenters. The first-order valence-corrected chi connectivity index (χ1v) is 46.6. The summed E-state index contributed by atoms with van der Waals surface area (Å²) < 4.78 is 88.0. The number of benzene rings is 8. The van der Waals surface area contributed by atoms with Crippen molar-refractivity contribution >= 4 is 70.0 Å². The van der Waals surface area contributed by atoms with Gasteiger partial charge in [-0.05, 0) is 121 Å². The molecule has 0 fully saturated rings. The number of aromatic nitrogens is 4. The fourth-order valence-corrected chi connectivity index (χ4v) is 19.6. The fourth-order valence-electron chi connectivity index (χ4n) is 18.7. The van der Waals surface area contributed by atoms with Crippen molar-refractivity contribution in [3.63, 3.8) is 0 Å². The highest BCUT2D eigenvalue weighted by atomic mass is 35.5. The van der Waals surface area contributed by atoms with Gasteiger partial charge < -0.3 is 59.0 Å². The molecule has 720 valence electrons. The number of aromatic hydroxyl groups is 4. The zero-order valence-corrected chi connectivity index (χ0v) is 78.6. The second kappa shape index (κ2) is 41.3. The van der Waals surface area contributed by atoms with Crippen LogP contribution in [0.15, 0.2) is 287 Å². The predicted molar refractivity (Wildman–Crippen MR) is 520 cm³/mol. The molecule has 0 saturated carbocycles. The van der Waals surface area contributed by atoms with Crippen LogP contribution in [0, 0.1) is 23.3 Å². The second-order valence-corrected chi connectivity index (χ2v) is 35.1. The Morgan fingerprint density at radius 1 is 0.286 bits per heavy atom. The lowest BCUT2D eigenvalue weighted by Crippen LogP contribution is -2.57. The molecule has 0 unspecified atom stereocenters. The number of rotatable bonds is 8. The van der Waals surface area contributed by atoms with E-state index in [1.165, 1.54) is 92.0 Å². The molecular weight excluding hydrogens is 1890 g/mol. The van der Waals surface area contributed by atoms with E-state index in [4.69, 9.17) is 65.4 Å². The Morgan fingerprint density at radius 3 is 0.664 bits per heavy atom. The number of carbonyl (C=O) groups is 4. The number of fused-ring (bicyclic) bond motifs is 20. The van der Waals surface area contributed by atoms with Crippen molar-refractivity contribution in [2.45, 2.75) is 102 Å². The Hall–Kier alpha value is -15.1. The maximum absolute atomic E-state index is 14.5. The number of nitrogens with zero attached hydrogens (tertiary/aromatic N) is 12. The number of hydrogen-bond acceptors (Lipinski definition) is 20. The fraction of sp³-hybridized carbons (Fsp3) is 0.231. The molecule has 4 aromatic heterocycles. The van der Waals surface area contributed by atoms with Crippen molar-refractivity contribution in [3.8, 4) is 46.0 Å². The van der Waals surface area contributed by atoms with Gasteiger partial charge in [-0.25, -0.2) is 17.6 Å². The van der Waals surface area contributed by atoms with Crippen molar-refractivity contribution in [1.82, 2.24) is 38.3 Å². The van der Waals surface area contributed by atoms with E-state index in [2.05, 4.69) is 0 Å². The summed E-state index contributed by atoms with van der Waals surface area (Å²) in [5.41, 5.74) is 2.44. The summed E-state index contributed by atoms with van der Waals surface area (Å²) in [5.74, 6) is -6.02. The zero-order chi connectivity index (χ0) is 98.8. The molecule has 8 aliphatic heterocycles. The molecule has 8 bridgehead atoms. The van der Waals surface area contributed by atoms with Crippen molar-refractivity contribution in [3.05, 3.63) is 419 Å². The number of pyridine rings is 4. The van der Waals surface area contributed by atoms with Gasteiger partial charge in [0.2, 0.25) is 21.7 Å². The third-order valence-electron chi connectivity index (χ3n) is 25.5. The van der Waals surface area contributed by atoms with E-state index >= 15 is 0 Å². The van der Waals surface area contributed by atoms with Crippen LogP contribution in [0.5, 0.6) is 46.0 Å². The lowest BCUT2D eigenvalue weighted by atomic mass is 9.96. The first kappa shape index (κ1) is 96.6. The molecule has 8 aromatic carbocycles. The molecule has 0 saturated heterocycles. The molecule has 20 rings (SSSR count). The van der Waals surface area contributed by atoms with Crippen molar-refractivity contribution < 1.29 is 76.1 Å². The van der Waals surface area contributed by atoms with E-state index in [0.717, 1.165) is 22.3 Å². The van der Waals surface area contributed by atoms with Crippen LogP contribution in [0.2, 0.25) is 20.1 Å². The molecule has 140 heavy (non-hydrogen) atoms. The molecule has 0 radical (unpaired) electrons. The summed E-state index contributed by atoms with van der Waals surface area (Å²) in [6.07, 6.45) is 22.6. The molecule has 36 heteroatoms. The number of hydrogen-bond donors (Lipinski definition) is 4. The van der Waals surface area contributed by atoms with E-state index in [0.29, 0.717) is 47.9 Å². The highest BCUT2D eigenvalue weighted by Gasteiger charge is 2.47. The minimum Gasteiger partial charge on any atom is -0.502 e. The normalized spacial score (nSPS) is 20.4. The molecule has 28 nitrogen and oxygen atoms in total. The van der Waals surface area contributed by atoms with E-state index < -0.39 is 116 Å². The minimum absolute atomic E-state index is 0.117. The Kier molecular flexibility index (Phi) is 28.5. The van der Waals surface area contributed by atoms with E-state index in [1.54, 1.807) is 68.2 Å². The third kappa shape index (κ3) is 18.2. The first-order chi connectivity index (χ1) is 67.7. The standard InChI is InChI=1S/4C26H23ClFN3O4/c4*1-2-17-9-6-14-35-25-18(10-11-19(28)21(25)27)22(16-7-4-3-5-8-16)31-15-29(17)26(34)23-24(33)20(32)12-13-30(23)31/h4*3-13,17,22,33H,2,14-15H2,1H3/b4*9-6+/t2*17-,22+;2*17-,22-/m1010/s1. The Morgan fingerprint density at radius 2 is 0.479 bits per heavy atom. The van der Waals surface area contributed by atoms with Crippen molar-refractivity contribution in [1.29, 1.82) is 0 Å². The van der Waals surface area contributed by atoms with Crippen LogP contribution in [0.1, 0.15) is 164 Å². The topological polar surface area (TPSA) is 300 Å². The van der Waals surface area contributed by atoms with Crippen LogP contribution in [-0.2, 0) is 0 Å². The maximum atomic E-state index is 14.5. The van der Waals surface area contributed by atoms with Gasteiger partial charge in [-0.3, -0.25) is 77.1 Å². The average molecular weight is 1980 g/mol. The first-order valence-electron chi connectivity index (χ1n) is 45.1. The summed E-state index contributed by atoms with van der Waals surface area (Å²) in [4.78, 5) is 110. The molecule has 4 amide bonds. The number of ether oxygens (including phenoxy) is 4. The summed E-state index contributed by atoms with van der Waals surface area (Å²) in [7, 11) is 0. The van der Waals surface area contributed by atoms with Crippen LogP contribution in [0.25, 0.3) is 0 Å². The highest BCUT2D eigenvalue weighted by Crippen LogP contribution is 2.48. The number of halogens is 8. The van der Waals surface area contributed by atoms with Crippen molar-refractivity contribution in [2.24, 2.45) is 0 Å². The van der Waals surface area contributed by atoms with Gasteiger partial charge in [0.1, 0.15) is 144 Å². The van der Waals surface area contributed by atoms with Crippen molar-refractivity contribution in [2.75, 3.05) is 73.1 Å². The summed E-state index contributed by atoms with van der Waals surface area (Å²) in [6.45, 7) is 8.75. The van der Waals surface area contributed by atoms with E-state index in [1.807, 2.05) is 193 Å². The van der Waals surface area contributed by atoms with Gasteiger partial charge >= 0.3 is 0 Å². The molecule has 12 heterocycles. The van der Waals surface area contributed by atoms with Gasteiger partial charge in [0, 0.05) is 71.3 Å². The third-order valence-corrected chi connectivity index (χ3v) is 26.9. The summed E-state index contributed by atoms with van der Waals surface area (Å²) >= 11 is 25.6. The quantitative estimate of drug-likeness (QED) is 0.0811. The molecular formula is C104H92Cl4F4N12O16. The molecule has 4 N–H and O–H groups in total. The van der Waals surface area contributed by atoms with Gasteiger partial charge in [0.25, 0.3) is 23.6 Å².